The third kappa shape index (κ3) is 4.90. The number of nitrogens with zero attached hydrogens (tertiary/aromatic N) is 2. The van der Waals surface area contributed by atoms with E-state index in [9.17, 15) is 4.79 Å². The molecule has 136 valence electrons. The van der Waals surface area contributed by atoms with Crippen molar-refractivity contribution in [1.82, 2.24) is 25.8 Å². The maximum atomic E-state index is 12.1. The van der Waals surface area contributed by atoms with Crippen LogP contribution in [-0.2, 0) is 6.54 Å². The van der Waals surface area contributed by atoms with Gasteiger partial charge in [0.15, 0.2) is 5.69 Å². The van der Waals surface area contributed by atoms with Crippen LogP contribution >= 0.6 is 11.3 Å². The number of hydrogen-bond donors (Lipinski definition) is 3. The van der Waals surface area contributed by atoms with Gasteiger partial charge in [0.05, 0.1) is 23.9 Å². The van der Waals surface area contributed by atoms with Crippen LogP contribution in [0.1, 0.15) is 22.5 Å². The molecule has 0 bridgehead atoms. The number of rotatable bonds is 9. The summed E-state index contributed by atoms with van der Waals surface area (Å²) in [6.07, 6.45) is 4.31. The van der Waals surface area contributed by atoms with E-state index in [2.05, 4.69) is 25.8 Å². The highest BCUT2D eigenvalue weighted by Crippen LogP contribution is 2.22. The summed E-state index contributed by atoms with van der Waals surface area (Å²) in [4.78, 5) is 17.3. The Morgan fingerprint density at radius 3 is 3.04 bits per heavy atom. The van der Waals surface area contributed by atoms with Gasteiger partial charge in [0, 0.05) is 19.3 Å². The van der Waals surface area contributed by atoms with Gasteiger partial charge < -0.3 is 15.4 Å². The summed E-state index contributed by atoms with van der Waals surface area (Å²) >= 11 is 1.60. The second-order valence-corrected chi connectivity index (χ2v) is 6.61. The van der Waals surface area contributed by atoms with Crippen molar-refractivity contribution >= 4 is 17.2 Å². The quantitative estimate of drug-likeness (QED) is 0.503. The monoisotopic (exact) mass is 371 g/mol. The first kappa shape index (κ1) is 18.1. The Balaban J connectivity index is 1.35. The zero-order valence-corrected chi connectivity index (χ0v) is 15.3. The molecule has 0 radical (unpaired) electrons. The molecular weight excluding hydrogens is 350 g/mol. The number of amides is 1. The fourth-order valence-electron chi connectivity index (χ4n) is 2.41. The van der Waals surface area contributed by atoms with Gasteiger partial charge in [0.1, 0.15) is 5.75 Å². The van der Waals surface area contributed by atoms with Gasteiger partial charge in [0.2, 0.25) is 0 Å². The van der Waals surface area contributed by atoms with Gasteiger partial charge in [-0.25, -0.2) is 0 Å². The largest absolute Gasteiger partial charge is 0.495 e. The predicted molar refractivity (Wildman–Crippen MR) is 101 cm³/mol. The molecule has 0 saturated heterocycles. The van der Waals surface area contributed by atoms with Crippen LogP contribution in [0.15, 0.2) is 42.0 Å². The number of ether oxygens (including phenoxy) is 1. The molecule has 0 atom stereocenters. The van der Waals surface area contributed by atoms with Crippen LogP contribution in [0.25, 0.3) is 10.6 Å². The molecule has 3 aromatic heterocycles. The Labute approximate surface area is 155 Å². The average molecular weight is 371 g/mol. The lowest BCUT2D eigenvalue weighted by atomic mass is 10.2. The minimum absolute atomic E-state index is 0.166. The maximum absolute atomic E-state index is 12.1. The molecule has 0 aliphatic heterocycles. The van der Waals surface area contributed by atoms with Crippen LogP contribution in [-0.4, -0.2) is 41.3 Å². The molecule has 8 heteroatoms. The first-order chi connectivity index (χ1) is 12.8. The fraction of sp³-hybridized carbons (Fsp3) is 0.278. The van der Waals surface area contributed by atoms with Crippen LogP contribution in [0.4, 0.5) is 0 Å². The zero-order valence-electron chi connectivity index (χ0n) is 14.5. The van der Waals surface area contributed by atoms with Crippen LogP contribution < -0.4 is 15.4 Å². The number of aromatic nitrogens is 3. The number of aromatic amines is 1. The number of nitrogens with one attached hydrogen (secondary N) is 3. The second kappa shape index (κ2) is 9.12. The Bertz CT molecular complexity index is 832. The first-order valence-corrected chi connectivity index (χ1v) is 9.20. The van der Waals surface area contributed by atoms with E-state index < -0.39 is 0 Å². The fourth-order valence-corrected chi connectivity index (χ4v) is 3.10. The minimum Gasteiger partial charge on any atom is -0.495 e. The third-order valence-corrected chi connectivity index (χ3v) is 4.65. The molecule has 0 fully saturated rings. The number of H-pyrrole nitrogens is 1. The summed E-state index contributed by atoms with van der Waals surface area (Å²) in [6.45, 7) is 2.09. The highest BCUT2D eigenvalue weighted by atomic mass is 32.1. The molecular formula is C18H21N5O2S. The number of thiophene rings is 1. The van der Waals surface area contributed by atoms with Crippen molar-refractivity contribution in [3.63, 3.8) is 0 Å². The Morgan fingerprint density at radius 1 is 1.31 bits per heavy atom. The van der Waals surface area contributed by atoms with Gasteiger partial charge in [-0.2, -0.15) is 5.10 Å². The Kier molecular flexibility index (Phi) is 6.34. The van der Waals surface area contributed by atoms with Gasteiger partial charge >= 0.3 is 0 Å². The van der Waals surface area contributed by atoms with Gasteiger partial charge in [-0.15, -0.1) is 11.3 Å². The van der Waals surface area contributed by atoms with Gasteiger partial charge in [0.25, 0.3) is 5.91 Å². The lowest BCUT2D eigenvalue weighted by molar-refractivity contribution is 0.0948. The van der Waals surface area contributed by atoms with Crippen LogP contribution in [0.2, 0.25) is 0 Å². The molecule has 0 spiro atoms. The van der Waals surface area contributed by atoms with E-state index in [4.69, 9.17) is 4.74 Å². The highest BCUT2D eigenvalue weighted by molar-refractivity contribution is 7.13. The summed E-state index contributed by atoms with van der Waals surface area (Å²) in [5, 5.41) is 15.2. The topological polar surface area (TPSA) is 91.9 Å². The van der Waals surface area contributed by atoms with Crippen molar-refractivity contribution in [2.75, 3.05) is 20.2 Å². The lowest BCUT2D eigenvalue weighted by Crippen LogP contribution is -2.27. The van der Waals surface area contributed by atoms with Crippen molar-refractivity contribution in [2.24, 2.45) is 0 Å². The van der Waals surface area contributed by atoms with E-state index in [1.807, 2.05) is 23.6 Å². The maximum Gasteiger partial charge on any atom is 0.271 e. The molecule has 3 N–H and O–H groups in total. The normalized spacial score (nSPS) is 10.7. The molecule has 0 unspecified atom stereocenters. The molecule has 0 aliphatic carbocycles. The molecule has 1 amide bonds. The van der Waals surface area contributed by atoms with Crippen molar-refractivity contribution in [1.29, 1.82) is 0 Å². The van der Waals surface area contributed by atoms with E-state index in [1.165, 1.54) is 0 Å². The smallest absolute Gasteiger partial charge is 0.271 e. The Hall–Kier alpha value is -2.71. The van der Waals surface area contributed by atoms with Crippen LogP contribution in [0.3, 0.4) is 0 Å². The van der Waals surface area contributed by atoms with Crippen molar-refractivity contribution in [2.45, 2.75) is 13.0 Å². The van der Waals surface area contributed by atoms with Crippen LogP contribution in [0.5, 0.6) is 5.75 Å². The van der Waals surface area contributed by atoms with Crippen molar-refractivity contribution in [3.8, 4) is 16.3 Å². The van der Waals surface area contributed by atoms with Gasteiger partial charge in [-0.05, 0) is 42.1 Å². The summed E-state index contributed by atoms with van der Waals surface area (Å²) in [7, 11) is 1.62. The van der Waals surface area contributed by atoms with Gasteiger partial charge in [-0.3, -0.25) is 14.9 Å². The summed E-state index contributed by atoms with van der Waals surface area (Å²) in [5.74, 6) is 0.582. The van der Waals surface area contributed by atoms with E-state index in [0.29, 0.717) is 18.8 Å². The highest BCUT2D eigenvalue weighted by Gasteiger charge is 2.11. The predicted octanol–water partition coefficient (Wildman–Crippen LogP) is 2.45. The SMILES string of the molecule is COc1cncc(CNCCCNC(=O)c2cc(-c3cccs3)[nH]n2)c1. The zero-order chi connectivity index (χ0) is 18.2. The summed E-state index contributed by atoms with van der Waals surface area (Å²) < 4.78 is 5.15. The number of methoxy groups -OCH3 is 1. The van der Waals surface area contributed by atoms with Crippen molar-refractivity contribution < 1.29 is 9.53 Å². The number of carbonyl (C=O) groups excluding carboxylic acids is 1. The molecule has 3 aromatic rings. The van der Waals surface area contributed by atoms with Crippen molar-refractivity contribution in [3.05, 3.63) is 53.3 Å². The summed E-state index contributed by atoms with van der Waals surface area (Å²) in [6, 6.07) is 7.68. The second-order valence-electron chi connectivity index (χ2n) is 5.66. The standard InChI is InChI=1S/C18H21N5O2S/c1-25-14-8-13(11-20-12-14)10-19-5-3-6-21-18(24)16-9-15(22-23-16)17-4-2-7-26-17/h2,4,7-9,11-12,19H,3,5-6,10H2,1H3,(H,21,24)(H,22,23). The molecule has 3 rings (SSSR count). The molecule has 26 heavy (non-hydrogen) atoms. The molecule has 0 aliphatic rings. The molecule has 7 nitrogen and oxygen atoms in total. The summed E-state index contributed by atoms with van der Waals surface area (Å²) in [5.41, 5.74) is 2.33. The number of carbonyl (C=O) groups is 1. The Morgan fingerprint density at radius 2 is 2.23 bits per heavy atom. The third-order valence-electron chi connectivity index (χ3n) is 3.75. The molecule has 3 heterocycles. The first-order valence-electron chi connectivity index (χ1n) is 8.32. The number of pyridine rings is 1. The molecule has 0 aromatic carbocycles. The van der Waals surface area contributed by atoms with Crippen LogP contribution in [0, 0.1) is 0 Å². The average Bonchev–Trinajstić information content (AvgIpc) is 3.36. The number of hydrogen-bond acceptors (Lipinski definition) is 6. The lowest BCUT2D eigenvalue weighted by Gasteiger charge is -2.07. The van der Waals surface area contributed by atoms with E-state index >= 15 is 0 Å². The molecule has 0 saturated carbocycles. The van der Waals surface area contributed by atoms with E-state index in [-0.39, 0.29) is 5.91 Å². The minimum atomic E-state index is -0.166. The van der Waals surface area contributed by atoms with E-state index in [1.54, 1.807) is 36.9 Å². The van der Waals surface area contributed by atoms with Gasteiger partial charge in [-0.1, -0.05) is 6.07 Å². The van der Waals surface area contributed by atoms with E-state index in [0.717, 1.165) is 34.8 Å².